The second kappa shape index (κ2) is 9.04. The van der Waals surface area contributed by atoms with Gasteiger partial charge in [0.25, 0.3) is 0 Å². The number of hydrogen-bond donors (Lipinski definition) is 3. The standard InChI is InChI=1S/C17H25N3O.C4H10N2/c1-17(2,21-3)14-10-16-12(9-15(14)18)11-20(19-16)13-7-5-4-6-8-13;1-2-6-4-3-5-1/h9-11,13H,4-8,18H2,1-3H3;5-6H,1-4H2. The predicted octanol–water partition coefficient (Wildman–Crippen LogP) is 3.18. The van der Waals surface area contributed by atoms with Crippen LogP contribution in [0.2, 0.25) is 0 Å². The number of methoxy groups -OCH3 is 1. The number of fused-ring (bicyclic) bond motifs is 1. The van der Waals surface area contributed by atoms with Crippen LogP contribution in [0.4, 0.5) is 5.69 Å². The summed E-state index contributed by atoms with van der Waals surface area (Å²) in [5, 5.41) is 12.4. The third-order valence-corrected chi connectivity index (χ3v) is 5.76. The molecule has 1 saturated carbocycles. The molecule has 1 aliphatic carbocycles. The van der Waals surface area contributed by atoms with E-state index in [0.29, 0.717) is 6.04 Å². The quantitative estimate of drug-likeness (QED) is 0.720. The number of ether oxygens (including phenoxy) is 1. The molecule has 1 aromatic carbocycles. The summed E-state index contributed by atoms with van der Waals surface area (Å²) in [7, 11) is 1.71. The van der Waals surface area contributed by atoms with Crippen LogP contribution < -0.4 is 16.4 Å². The van der Waals surface area contributed by atoms with E-state index < -0.39 is 5.60 Å². The maximum absolute atomic E-state index is 6.22. The number of nitrogen functional groups attached to an aromatic ring is 1. The minimum absolute atomic E-state index is 0.396. The maximum Gasteiger partial charge on any atom is 0.0928 e. The minimum atomic E-state index is -0.396. The van der Waals surface area contributed by atoms with E-state index in [0.717, 1.165) is 48.3 Å². The molecule has 1 aromatic heterocycles. The summed E-state index contributed by atoms with van der Waals surface area (Å²) < 4.78 is 7.71. The average molecular weight is 374 g/mol. The van der Waals surface area contributed by atoms with Gasteiger partial charge in [0.1, 0.15) is 0 Å². The number of nitrogens with zero attached hydrogens (tertiary/aromatic N) is 2. The second-order valence-corrected chi connectivity index (χ2v) is 8.11. The lowest BCUT2D eigenvalue weighted by Gasteiger charge is -2.25. The Morgan fingerprint density at radius 1 is 1.07 bits per heavy atom. The Morgan fingerprint density at radius 2 is 1.70 bits per heavy atom. The smallest absolute Gasteiger partial charge is 0.0928 e. The van der Waals surface area contributed by atoms with Crippen molar-refractivity contribution in [2.45, 2.75) is 57.6 Å². The highest BCUT2D eigenvalue weighted by Gasteiger charge is 2.24. The molecule has 6 nitrogen and oxygen atoms in total. The Labute approximate surface area is 162 Å². The molecule has 0 amide bonds. The Hall–Kier alpha value is -1.63. The van der Waals surface area contributed by atoms with E-state index in [1.54, 1.807) is 7.11 Å². The molecule has 2 aliphatic rings. The summed E-state index contributed by atoms with van der Waals surface area (Å²) >= 11 is 0. The molecule has 0 atom stereocenters. The van der Waals surface area contributed by atoms with Gasteiger partial charge in [-0.2, -0.15) is 5.10 Å². The summed E-state index contributed by atoms with van der Waals surface area (Å²) in [6.07, 6.45) is 8.59. The highest BCUT2D eigenvalue weighted by molar-refractivity contribution is 5.83. The molecule has 1 aliphatic heterocycles. The fraction of sp³-hybridized carbons (Fsp3) is 0.667. The van der Waals surface area contributed by atoms with Crippen LogP contribution in [0.25, 0.3) is 10.9 Å². The van der Waals surface area contributed by atoms with Crippen molar-refractivity contribution in [3.8, 4) is 0 Å². The number of aromatic nitrogens is 2. The Kier molecular flexibility index (Phi) is 6.73. The van der Waals surface area contributed by atoms with Crippen LogP contribution in [-0.2, 0) is 10.3 Å². The van der Waals surface area contributed by atoms with Crippen LogP contribution in [0.1, 0.15) is 57.6 Å². The molecule has 2 heterocycles. The minimum Gasteiger partial charge on any atom is -0.398 e. The Bertz CT molecular complexity index is 718. The van der Waals surface area contributed by atoms with Gasteiger partial charge in [-0.25, -0.2) is 0 Å². The number of nitrogens with one attached hydrogen (secondary N) is 2. The molecule has 4 N–H and O–H groups in total. The molecular weight excluding hydrogens is 338 g/mol. The van der Waals surface area contributed by atoms with Gasteiger partial charge in [-0.3, -0.25) is 4.68 Å². The number of nitrogens with two attached hydrogens (primary N) is 1. The van der Waals surface area contributed by atoms with E-state index >= 15 is 0 Å². The number of piperazine rings is 1. The van der Waals surface area contributed by atoms with Gasteiger partial charge in [0.2, 0.25) is 0 Å². The van der Waals surface area contributed by atoms with Gasteiger partial charge in [-0.15, -0.1) is 0 Å². The first-order valence-electron chi connectivity index (χ1n) is 10.3. The third kappa shape index (κ3) is 5.00. The lowest BCUT2D eigenvalue weighted by Crippen LogP contribution is -2.39. The fourth-order valence-electron chi connectivity index (χ4n) is 3.88. The van der Waals surface area contributed by atoms with Gasteiger partial charge in [0.15, 0.2) is 0 Å². The molecule has 0 radical (unpaired) electrons. The first kappa shape index (κ1) is 20.1. The molecule has 1 saturated heterocycles. The van der Waals surface area contributed by atoms with Crippen molar-refractivity contribution >= 4 is 16.6 Å². The fourth-order valence-corrected chi connectivity index (χ4v) is 3.88. The molecule has 4 rings (SSSR count). The monoisotopic (exact) mass is 373 g/mol. The highest BCUT2D eigenvalue weighted by Crippen LogP contribution is 2.34. The first-order valence-corrected chi connectivity index (χ1v) is 10.3. The summed E-state index contributed by atoms with van der Waals surface area (Å²) in [6, 6.07) is 4.65. The van der Waals surface area contributed by atoms with Gasteiger partial charge in [-0.05, 0) is 38.8 Å². The zero-order valence-electron chi connectivity index (χ0n) is 17.1. The molecule has 0 bridgehead atoms. The number of anilines is 1. The second-order valence-electron chi connectivity index (χ2n) is 8.11. The van der Waals surface area contributed by atoms with Crippen molar-refractivity contribution in [1.82, 2.24) is 20.4 Å². The molecule has 6 heteroatoms. The van der Waals surface area contributed by atoms with Gasteiger partial charge in [0, 0.05) is 56.1 Å². The van der Waals surface area contributed by atoms with E-state index in [1.165, 1.54) is 32.1 Å². The molecular formula is C21H35N5O. The summed E-state index contributed by atoms with van der Waals surface area (Å²) in [5.41, 5.74) is 8.61. The molecule has 150 valence electrons. The average Bonchev–Trinajstić information content (AvgIpc) is 3.13. The van der Waals surface area contributed by atoms with Crippen molar-refractivity contribution in [2.75, 3.05) is 39.0 Å². The molecule has 0 spiro atoms. The van der Waals surface area contributed by atoms with Gasteiger partial charge < -0.3 is 21.1 Å². The largest absolute Gasteiger partial charge is 0.398 e. The van der Waals surface area contributed by atoms with Crippen LogP contribution in [0, 0.1) is 0 Å². The summed E-state index contributed by atoms with van der Waals surface area (Å²) in [5.74, 6) is 0. The van der Waals surface area contributed by atoms with E-state index in [1.807, 2.05) is 19.9 Å². The van der Waals surface area contributed by atoms with Crippen LogP contribution >= 0.6 is 0 Å². The molecule has 2 fully saturated rings. The van der Waals surface area contributed by atoms with Crippen molar-refractivity contribution in [3.63, 3.8) is 0 Å². The Morgan fingerprint density at radius 3 is 2.26 bits per heavy atom. The van der Waals surface area contributed by atoms with E-state index in [9.17, 15) is 0 Å². The topological polar surface area (TPSA) is 77.1 Å². The molecule has 2 aromatic rings. The first-order chi connectivity index (χ1) is 13.0. The van der Waals surface area contributed by atoms with E-state index in [4.69, 9.17) is 15.6 Å². The lowest BCUT2D eigenvalue weighted by atomic mass is 9.95. The zero-order valence-corrected chi connectivity index (χ0v) is 17.1. The lowest BCUT2D eigenvalue weighted by molar-refractivity contribution is 0.0199. The van der Waals surface area contributed by atoms with Crippen LogP contribution in [0.3, 0.4) is 0 Å². The Balaban J connectivity index is 0.000000299. The number of rotatable bonds is 3. The van der Waals surface area contributed by atoms with Crippen LogP contribution in [0.15, 0.2) is 18.3 Å². The highest BCUT2D eigenvalue weighted by atomic mass is 16.5. The van der Waals surface area contributed by atoms with Gasteiger partial charge >= 0.3 is 0 Å². The molecule has 27 heavy (non-hydrogen) atoms. The normalized spacial score (nSPS) is 18.9. The molecule has 0 unspecified atom stereocenters. The van der Waals surface area contributed by atoms with Crippen molar-refractivity contribution in [3.05, 3.63) is 23.9 Å². The van der Waals surface area contributed by atoms with E-state index in [-0.39, 0.29) is 0 Å². The zero-order chi connectivity index (χ0) is 19.3. The number of benzene rings is 1. The predicted molar refractivity (Wildman–Crippen MR) is 112 cm³/mol. The maximum atomic E-state index is 6.22. The van der Waals surface area contributed by atoms with Gasteiger partial charge in [-0.1, -0.05) is 19.3 Å². The summed E-state index contributed by atoms with van der Waals surface area (Å²) in [6.45, 7) is 8.62. The van der Waals surface area contributed by atoms with Crippen LogP contribution in [0.5, 0.6) is 0 Å². The number of hydrogen-bond acceptors (Lipinski definition) is 5. The van der Waals surface area contributed by atoms with E-state index in [2.05, 4.69) is 27.6 Å². The van der Waals surface area contributed by atoms with Gasteiger partial charge in [0.05, 0.1) is 17.2 Å². The third-order valence-electron chi connectivity index (χ3n) is 5.76. The summed E-state index contributed by atoms with van der Waals surface area (Å²) in [4.78, 5) is 0. The SMILES string of the molecule is C1CNCCN1.COC(C)(C)c1cc2nn(C3CCCCC3)cc2cc1N. The van der Waals surface area contributed by atoms with Crippen molar-refractivity contribution < 1.29 is 4.74 Å². The van der Waals surface area contributed by atoms with Crippen molar-refractivity contribution in [2.24, 2.45) is 0 Å². The van der Waals surface area contributed by atoms with Crippen molar-refractivity contribution in [1.29, 1.82) is 0 Å². The van der Waals surface area contributed by atoms with Crippen LogP contribution in [-0.4, -0.2) is 43.1 Å².